The van der Waals surface area contributed by atoms with Gasteiger partial charge in [-0.3, -0.25) is 4.79 Å². The highest BCUT2D eigenvalue weighted by Crippen LogP contribution is 2.27. The fourth-order valence-electron chi connectivity index (χ4n) is 3.03. The first kappa shape index (κ1) is 22.5. The molecule has 0 radical (unpaired) electrons. The molecule has 158 valence electrons. The van der Waals surface area contributed by atoms with Gasteiger partial charge in [0.05, 0.1) is 6.04 Å². The Kier molecular flexibility index (Phi) is 7.70. The summed E-state index contributed by atoms with van der Waals surface area (Å²) in [5.74, 6) is -0.550. The molecule has 0 spiro atoms. The Bertz CT molecular complexity index is 745. The van der Waals surface area contributed by atoms with Crippen molar-refractivity contribution < 1.29 is 30.6 Å². The lowest BCUT2D eigenvalue weighted by atomic mass is 10.1. The third-order valence-electron chi connectivity index (χ3n) is 4.57. The number of alkyl halides is 3. The first-order valence-electron chi connectivity index (χ1n) is 9.21. The molecule has 1 fully saturated rings. The Morgan fingerprint density at radius 3 is 2.36 bits per heavy atom. The fraction of sp³-hybridized carbons (Fsp3) is 0.611. The maximum absolute atomic E-state index is 12.3. The molecular formula is C18H25F3N2O4S. The summed E-state index contributed by atoms with van der Waals surface area (Å²) in [5.41, 5.74) is -4.86. The molecule has 1 heterocycles. The number of carbonyl (C=O) groups is 1. The van der Waals surface area contributed by atoms with Crippen molar-refractivity contribution in [1.29, 1.82) is 0 Å². The molecule has 1 atom stereocenters. The molecule has 1 unspecified atom stereocenters. The zero-order chi connectivity index (χ0) is 20.8. The van der Waals surface area contributed by atoms with E-state index >= 15 is 0 Å². The van der Waals surface area contributed by atoms with Crippen LogP contribution in [0.25, 0.3) is 0 Å². The average molecular weight is 422 g/mol. The normalized spacial score (nSPS) is 17.1. The first-order valence-corrected chi connectivity index (χ1v) is 10.6. The summed E-state index contributed by atoms with van der Waals surface area (Å²) < 4.78 is 63.0. The van der Waals surface area contributed by atoms with Crippen molar-refractivity contribution >= 4 is 16.0 Å². The van der Waals surface area contributed by atoms with Crippen LogP contribution in [0.2, 0.25) is 0 Å². The number of carbonyl (C=O) groups excluding carboxylic acids is 1. The minimum Gasteiger partial charge on any atom is -0.376 e. The van der Waals surface area contributed by atoms with Crippen molar-refractivity contribution in [2.24, 2.45) is 0 Å². The lowest BCUT2D eigenvalue weighted by Crippen LogP contribution is -2.32. The van der Waals surface area contributed by atoms with Crippen LogP contribution in [-0.4, -0.2) is 44.4 Å². The van der Waals surface area contributed by atoms with E-state index in [0.717, 1.165) is 38.2 Å². The number of likely N-dealkylation sites (tertiary alicyclic amines) is 1. The van der Waals surface area contributed by atoms with E-state index in [2.05, 4.69) is 14.4 Å². The van der Waals surface area contributed by atoms with Crippen LogP contribution in [0.4, 0.5) is 13.2 Å². The molecule has 28 heavy (non-hydrogen) atoms. The van der Waals surface area contributed by atoms with Gasteiger partial charge in [-0.1, -0.05) is 18.6 Å². The number of amides is 1. The molecular weight excluding hydrogens is 397 g/mol. The maximum Gasteiger partial charge on any atom is 0.534 e. The van der Waals surface area contributed by atoms with Crippen molar-refractivity contribution in [2.75, 3.05) is 19.6 Å². The van der Waals surface area contributed by atoms with Crippen LogP contribution in [0.3, 0.4) is 0 Å². The van der Waals surface area contributed by atoms with Gasteiger partial charge in [0.1, 0.15) is 5.75 Å². The monoisotopic (exact) mass is 422 g/mol. The van der Waals surface area contributed by atoms with Gasteiger partial charge in [0, 0.05) is 6.42 Å². The minimum atomic E-state index is -5.70. The highest BCUT2D eigenvalue weighted by molar-refractivity contribution is 7.88. The van der Waals surface area contributed by atoms with Gasteiger partial charge in [-0.25, -0.2) is 0 Å². The van der Waals surface area contributed by atoms with E-state index in [4.69, 9.17) is 0 Å². The second-order valence-corrected chi connectivity index (χ2v) is 8.39. The SMILES string of the molecule is CC(NC(=O)CCCN1CCCCC1)c1ccc(OS(=O)(=O)C(F)(F)F)cc1. The molecule has 1 aromatic rings. The molecule has 0 saturated carbocycles. The van der Waals surface area contributed by atoms with E-state index in [-0.39, 0.29) is 11.9 Å². The van der Waals surface area contributed by atoms with Gasteiger partial charge in [0.25, 0.3) is 0 Å². The molecule has 1 aliphatic rings. The number of nitrogens with zero attached hydrogens (tertiary/aromatic N) is 1. The lowest BCUT2D eigenvalue weighted by molar-refractivity contribution is -0.121. The van der Waals surface area contributed by atoms with E-state index < -0.39 is 21.4 Å². The van der Waals surface area contributed by atoms with E-state index in [1.807, 2.05) is 0 Å². The summed E-state index contributed by atoms with van der Waals surface area (Å²) in [4.78, 5) is 14.4. The standard InChI is InChI=1S/C18H25F3N2O4S/c1-14(22-17(24)6-5-13-23-11-3-2-4-12-23)15-7-9-16(10-8-15)27-28(25,26)18(19,20)21/h7-10,14H,2-6,11-13H2,1H3,(H,22,24). The summed E-state index contributed by atoms with van der Waals surface area (Å²) in [6.45, 7) is 4.79. The Labute approximate surface area is 163 Å². The van der Waals surface area contributed by atoms with Gasteiger partial charge in [0.15, 0.2) is 0 Å². The van der Waals surface area contributed by atoms with E-state index in [0.29, 0.717) is 12.0 Å². The highest BCUT2D eigenvalue weighted by Gasteiger charge is 2.48. The zero-order valence-electron chi connectivity index (χ0n) is 15.7. The molecule has 10 heteroatoms. The topological polar surface area (TPSA) is 75.7 Å². The molecule has 1 saturated heterocycles. The van der Waals surface area contributed by atoms with Crippen molar-refractivity contribution in [2.45, 2.75) is 50.6 Å². The minimum absolute atomic E-state index is 0.107. The molecule has 0 aromatic heterocycles. The van der Waals surface area contributed by atoms with Crippen LogP contribution < -0.4 is 9.50 Å². The number of rotatable bonds is 8. The highest BCUT2D eigenvalue weighted by atomic mass is 32.2. The first-order chi connectivity index (χ1) is 13.1. The number of hydrogen-bond acceptors (Lipinski definition) is 5. The fourth-order valence-corrected chi connectivity index (χ4v) is 3.49. The largest absolute Gasteiger partial charge is 0.534 e. The van der Waals surface area contributed by atoms with Crippen LogP contribution in [0.1, 0.15) is 50.6 Å². The molecule has 0 aliphatic carbocycles. The number of piperidine rings is 1. The molecule has 1 amide bonds. The summed E-state index contributed by atoms with van der Waals surface area (Å²) in [5, 5.41) is 2.83. The summed E-state index contributed by atoms with van der Waals surface area (Å²) in [7, 11) is -5.70. The number of nitrogens with one attached hydrogen (secondary N) is 1. The van der Waals surface area contributed by atoms with Gasteiger partial charge < -0.3 is 14.4 Å². The Hall–Kier alpha value is -1.81. The van der Waals surface area contributed by atoms with Gasteiger partial charge in [-0.15, -0.1) is 0 Å². The number of benzene rings is 1. The third kappa shape index (κ3) is 6.66. The quantitative estimate of drug-likeness (QED) is 0.514. The second kappa shape index (κ2) is 9.60. The summed E-state index contributed by atoms with van der Waals surface area (Å²) >= 11 is 0. The third-order valence-corrected chi connectivity index (χ3v) is 5.55. The Morgan fingerprint density at radius 1 is 1.18 bits per heavy atom. The van der Waals surface area contributed by atoms with Gasteiger partial charge >= 0.3 is 15.6 Å². The molecule has 0 bridgehead atoms. The molecule has 6 nitrogen and oxygen atoms in total. The molecule has 2 rings (SSSR count). The predicted molar refractivity (Wildman–Crippen MR) is 98.1 cm³/mol. The van der Waals surface area contributed by atoms with Crippen LogP contribution >= 0.6 is 0 Å². The zero-order valence-corrected chi connectivity index (χ0v) is 16.5. The molecule has 1 N–H and O–H groups in total. The van der Waals surface area contributed by atoms with Crippen LogP contribution in [-0.2, 0) is 14.9 Å². The van der Waals surface area contributed by atoms with Crippen molar-refractivity contribution in [1.82, 2.24) is 10.2 Å². The van der Waals surface area contributed by atoms with Crippen molar-refractivity contribution in [3.8, 4) is 5.75 Å². The Morgan fingerprint density at radius 2 is 1.79 bits per heavy atom. The van der Waals surface area contributed by atoms with Gasteiger partial charge in [0.2, 0.25) is 5.91 Å². The van der Waals surface area contributed by atoms with Crippen LogP contribution in [0, 0.1) is 0 Å². The van der Waals surface area contributed by atoms with Crippen LogP contribution in [0.15, 0.2) is 24.3 Å². The predicted octanol–water partition coefficient (Wildman–Crippen LogP) is 3.36. The average Bonchev–Trinajstić information content (AvgIpc) is 2.62. The molecule has 1 aromatic carbocycles. The summed E-state index contributed by atoms with van der Waals surface area (Å²) in [6, 6.07) is 4.71. The summed E-state index contributed by atoms with van der Waals surface area (Å²) in [6.07, 6.45) is 4.83. The van der Waals surface area contributed by atoms with Gasteiger partial charge in [-0.2, -0.15) is 21.6 Å². The van der Waals surface area contributed by atoms with Crippen molar-refractivity contribution in [3.05, 3.63) is 29.8 Å². The Balaban J connectivity index is 1.80. The molecule has 1 aliphatic heterocycles. The second-order valence-electron chi connectivity index (χ2n) is 6.85. The lowest BCUT2D eigenvalue weighted by Gasteiger charge is -2.26. The number of halogens is 3. The van der Waals surface area contributed by atoms with Crippen molar-refractivity contribution in [3.63, 3.8) is 0 Å². The van der Waals surface area contributed by atoms with E-state index in [9.17, 15) is 26.4 Å². The number of hydrogen-bond donors (Lipinski definition) is 1. The van der Waals surface area contributed by atoms with E-state index in [1.165, 1.54) is 31.4 Å². The van der Waals surface area contributed by atoms with Crippen LogP contribution in [0.5, 0.6) is 5.75 Å². The smallest absolute Gasteiger partial charge is 0.376 e. The maximum atomic E-state index is 12.3. The van der Waals surface area contributed by atoms with Gasteiger partial charge in [-0.05, 0) is 63.5 Å². The van der Waals surface area contributed by atoms with E-state index in [1.54, 1.807) is 6.92 Å².